The number of hydrogen-bond acceptors (Lipinski definition) is 1. The molecular weight excluding hydrogens is 246 g/mol. The average Bonchev–Trinajstić information content (AvgIpc) is 2.63. The molecule has 0 aromatic carbocycles. The lowest BCUT2D eigenvalue weighted by Gasteiger charge is -2.32. The third kappa shape index (κ3) is 3.99. The van der Waals surface area contributed by atoms with E-state index in [9.17, 15) is 4.79 Å². The van der Waals surface area contributed by atoms with Crippen LogP contribution in [0.1, 0.15) is 72.6 Å². The van der Waals surface area contributed by atoms with E-state index in [-0.39, 0.29) is 0 Å². The summed E-state index contributed by atoms with van der Waals surface area (Å²) in [5.41, 5.74) is 0.387. The quantitative estimate of drug-likeness (QED) is 0.692. The molecule has 1 aliphatic heterocycles. The van der Waals surface area contributed by atoms with Crippen molar-refractivity contribution in [1.82, 2.24) is 4.90 Å². The Balaban J connectivity index is 1.91. The highest BCUT2D eigenvalue weighted by Gasteiger charge is 2.32. The van der Waals surface area contributed by atoms with Crippen LogP contribution in [0.2, 0.25) is 0 Å². The van der Waals surface area contributed by atoms with Gasteiger partial charge in [0.25, 0.3) is 0 Å². The fourth-order valence-corrected chi connectivity index (χ4v) is 4.10. The Bertz CT molecular complexity index is 331. The number of carbonyl (C=O) groups excluding carboxylic acids is 1. The van der Waals surface area contributed by atoms with Crippen molar-refractivity contribution in [2.75, 3.05) is 13.1 Å². The zero-order valence-corrected chi connectivity index (χ0v) is 14.0. The Morgan fingerprint density at radius 2 is 1.75 bits per heavy atom. The monoisotopic (exact) mass is 279 g/mol. The molecule has 1 saturated heterocycles. The summed E-state index contributed by atoms with van der Waals surface area (Å²) in [5, 5.41) is 0. The van der Waals surface area contributed by atoms with Crippen LogP contribution < -0.4 is 0 Å². The van der Waals surface area contributed by atoms with Gasteiger partial charge in [-0.25, -0.2) is 0 Å². The molecular formula is C18H33NO. The lowest BCUT2D eigenvalue weighted by atomic mass is 9.77. The highest BCUT2D eigenvalue weighted by atomic mass is 16.2. The van der Waals surface area contributed by atoms with Crippen molar-refractivity contribution >= 4 is 5.91 Å². The molecule has 116 valence electrons. The zero-order valence-electron chi connectivity index (χ0n) is 14.0. The molecule has 1 aliphatic carbocycles. The van der Waals surface area contributed by atoms with Crippen LogP contribution in [0.3, 0.4) is 0 Å². The summed E-state index contributed by atoms with van der Waals surface area (Å²) in [5.74, 6) is 2.30. The number of nitrogens with zero attached hydrogens (tertiary/aromatic N) is 1. The first-order valence-corrected chi connectivity index (χ1v) is 8.66. The second-order valence-electron chi connectivity index (χ2n) is 8.29. The summed E-state index contributed by atoms with van der Waals surface area (Å²) in [6.45, 7) is 11.3. The molecule has 0 bridgehead atoms. The number of rotatable bonds is 1. The van der Waals surface area contributed by atoms with E-state index in [2.05, 4.69) is 32.6 Å². The standard InChI is InChI=1S/C18H33NO/c1-14-7-5-8-15(13-14)17(20)19-11-6-9-16(10-12-19)18(2,3)4/h14-16H,5-13H2,1-4H3/t14-,15-,16-/m1/s1. The SMILES string of the molecule is C[C@@H]1CCC[C@@H](C(=O)N2CCC[C@@H](C(C)(C)C)CC2)C1. The Hall–Kier alpha value is -0.530. The molecule has 0 radical (unpaired) electrons. The van der Waals surface area contributed by atoms with Crippen LogP contribution in [0.4, 0.5) is 0 Å². The minimum Gasteiger partial charge on any atom is -0.342 e. The van der Waals surface area contributed by atoms with E-state index in [1.54, 1.807) is 0 Å². The smallest absolute Gasteiger partial charge is 0.225 e. The van der Waals surface area contributed by atoms with Gasteiger partial charge in [0.05, 0.1) is 0 Å². The third-order valence-electron chi connectivity index (χ3n) is 5.55. The number of hydrogen-bond donors (Lipinski definition) is 0. The minimum absolute atomic E-state index is 0.324. The van der Waals surface area contributed by atoms with Gasteiger partial charge < -0.3 is 4.90 Å². The Morgan fingerprint density at radius 3 is 2.40 bits per heavy atom. The maximum Gasteiger partial charge on any atom is 0.225 e. The van der Waals surface area contributed by atoms with E-state index in [0.29, 0.717) is 17.2 Å². The lowest BCUT2D eigenvalue weighted by molar-refractivity contribution is -0.137. The van der Waals surface area contributed by atoms with Crippen LogP contribution >= 0.6 is 0 Å². The van der Waals surface area contributed by atoms with Crippen LogP contribution in [0.5, 0.6) is 0 Å². The van der Waals surface area contributed by atoms with Gasteiger partial charge in [0.15, 0.2) is 0 Å². The highest BCUT2D eigenvalue weighted by Crippen LogP contribution is 2.35. The van der Waals surface area contributed by atoms with Gasteiger partial charge in [-0.3, -0.25) is 4.79 Å². The van der Waals surface area contributed by atoms with Crippen LogP contribution in [-0.4, -0.2) is 23.9 Å². The van der Waals surface area contributed by atoms with Crippen LogP contribution in [0.15, 0.2) is 0 Å². The van der Waals surface area contributed by atoms with Crippen molar-refractivity contribution < 1.29 is 4.79 Å². The van der Waals surface area contributed by atoms with Crippen molar-refractivity contribution in [3.63, 3.8) is 0 Å². The molecule has 0 aromatic heterocycles. The van der Waals surface area contributed by atoms with Crippen LogP contribution in [0.25, 0.3) is 0 Å². The summed E-state index contributed by atoms with van der Waals surface area (Å²) < 4.78 is 0. The van der Waals surface area contributed by atoms with Gasteiger partial charge >= 0.3 is 0 Å². The molecule has 1 saturated carbocycles. The second kappa shape index (κ2) is 6.49. The first-order chi connectivity index (χ1) is 9.38. The largest absolute Gasteiger partial charge is 0.342 e. The van der Waals surface area contributed by atoms with Gasteiger partial charge in [-0.15, -0.1) is 0 Å². The van der Waals surface area contributed by atoms with Gasteiger partial charge in [0.1, 0.15) is 0 Å². The fraction of sp³-hybridized carbons (Fsp3) is 0.944. The summed E-state index contributed by atoms with van der Waals surface area (Å²) >= 11 is 0. The lowest BCUT2D eigenvalue weighted by Crippen LogP contribution is -2.38. The van der Waals surface area contributed by atoms with Gasteiger partial charge in [-0.2, -0.15) is 0 Å². The Morgan fingerprint density at radius 1 is 1.00 bits per heavy atom. The van der Waals surface area contributed by atoms with Gasteiger partial charge in [-0.1, -0.05) is 40.5 Å². The first-order valence-electron chi connectivity index (χ1n) is 8.66. The van der Waals surface area contributed by atoms with E-state index in [1.807, 2.05) is 0 Å². The maximum atomic E-state index is 12.7. The summed E-state index contributed by atoms with van der Waals surface area (Å²) in [4.78, 5) is 14.9. The molecule has 0 unspecified atom stereocenters. The maximum absolute atomic E-state index is 12.7. The average molecular weight is 279 g/mol. The summed E-state index contributed by atoms with van der Waals surface area (Å²) in [7, 11) is 0. The molecule has 0 spiro atoms. The number of carbonyl (C=O) groups is 1. The molecule has 2 nitrogen and oxygen atoms in total. The van der Waals surface area contributed by atoms with Gasteiger partial charge in [0.2, 0.25) is 5.91 Å². The van der Waals surface area contributed by atoms with E-state index < -0.39 is 0 Å². The normalized spacial score (nSPS) is 32.8. The van der Waals surface area contributed by atoms with Crippen molar-refractivity contribution in [1.29, 1.82) is 0 Å². The van der Waals surface area contributed by atoms with Crippen LogP contribution in [-0.2, 0) is 4.79 Å². The fourth-order valence-electron chi connectivity index (χ4n) is 4.10. The number of amides is 1. The first kappa shape index (κ1) is 15.9. The molecule has 1 heterocycles. The van der Waals surface area contributed by atoms with Crippen molar-refractivity contribution in [2.24, 2.45) is 23.2 Å². The van der Waals surface area contributed by atoms with E-state index in [0.717, 1.165) is 37.8 Å². The second-order valence-corrected chi connectivity index (χ2v) is 8.29. The van der Waals surface area contributed by atoms with E-state index in [1.165, 1.54) is 32.1 Å². The molecule has 0 aromatic rings. The minimum atomic E-state index is 0.324. The van der Waals surface area contributed by atoms with Crippen molar-refractivity contribution in [2.45, 2.75) is 72.6 Å². The van der Waals surface area contributed by atoms with Gasteiger partial charge in [0, 0.05) is 19.0 Å². The van der Waals surface area contributed by atoms with Crippen molar-refractivity contribution in [3.05, 3.63) is 0 Å². The molecule has 2 rings (SSSR count). The highest BCUT2D eigenvalue weighted by molar-refractivity contribution is 5.79. The Labute approximate surface area is 125 Å². The van der Waals surface area contributed by atoms with Gasteiger partial charge in [-0.05, 0) is 49.4 Å². The molecule has 2 fully saturated rings. The third-order valence-corrected chi connectivity index (χ3v) is 5.55. The number of likely N-dealkylation sites (tertiary alicyclic amines) is 1. The predicted octanol–water partition coefficient (Wildman–Crippen LogP) is 4.49. The molecule has 0 N–H and O–H groups in total. The van der Waals surface area contributed by atoms with Crippen molar-refractivity contribution in [3.8, 4) is 0 Å². The molecule has 20 heavy (non-hydrogen) atoms. The molecule has 1 amide bonds. The van der Waals surface area contributed by atoms with E-state index >= 15 is 0 Å². The predicted molar refractivity (Wildman–Crippen MR) is 84.5 cm³/mol. The van der Waals surface area contributed by atoms with Crippen LogP contribution in [0, 0.1) is 23.2 Å². The molecule has 2 aliphatic rings. The molecule has 2 heteroatoms. The topological polar surface area (TPSA) is 20.3 Å². The van der Waals surface area contributed by atoms with E-state index in [4.69, 9.17) is 0 Å². The Kier molecular flexibility index (Phi) is 5.14. The summed E-state index contributed by atoms with van der Waals surface area (Å²) in [6.07, 6.45) is 8.48. The zero-order chi connectivity index (χ0) is 14.8. The molecule has 3 atom stereocenters. The summed E-state index contributed by atoms with van der Waals surface area (Å²) in [6, 6.07) is 0.